The minimum Gasteiger partial charge on any atom is -0.507 e. The number of carbonyl (C=O) groups is 1. The third kappa shape index (κ3) is 6.06. The van der Waals surface area contributed by atoms with Crippen LogP contribution in [0.3, 0.4) is 0 Å². The average molecular weight is 224 g/mol. The minimum absolute atomic E-state index is 0.0671. The van der Waals surface area contributed by atoms with Crippen LogP contribution in [-0.4, -0.2) is 16.2 Å². The molecule has 0 fully saturated rings. The summed E-state index contributed by atoms with van der Waals surface area (Å²) in [4.78, 5) is 10.3. The number of carboxylic acid groups (broad SMARTS) is 1. The van der Waals surface area contributed by atoms with Gasteiger partial charge in [-0.2, -0.15) is 0 Å². The predicted octanol–water partition coefficient (Wildman–Crippen LogP) is 3.68. The van der Waals surface area contributed by atoms with Crippen LogP contribution in [-0.2, 0) is 0 Å². The number of aromatic carboxylic acids is 1. The highest BCUT2D eigenvalue weighted by Gasteiger charge is 2.05. The number of aromatic hydroxyl groups is 1. The molecule has 0 unspecified atom stereocenters. The number of para-hydroxylation sites is 1. The first-order chi connectivity index (χ1) is 7.63. The lowest BCUT2D eigenvalue weighted by atomic mass is 10.2. The molecule has 2 N–H and O–H groups in total. The summed E-state index contributed by atoms with van der Waals surface area (Å²) in [7, 11) is 0. The van der Waals surface area contributed by atoms with E-state index in [2.05, 4.69) is 13.8 Å². The van der Waals surface area contributed by atoms with Crippen LogP contribution in [0.1, 0.15) is 49.9 Å². The molecule has 0 aliphatic carbocycles. The van der Waals surface area contributed by atoms with E-state index in [1.807, 2.05) is 0 Å². The lowest BCUT2D eigenvalue weighted by Crippen LogP contribution is -1.95. The molecule has 16 heavy (non-hydrogen) atoms. The van der Waals surface area contributed by atoms with Crippen molar-refractivity contribution in [2.24, 2.45) is 0 Å². The van der Waals surface area contributed by atoms with Crippen molar-refractivity contribution in [3.05, 3.63) is 29.8 Å². The van der Waals surface area contributed by atoms with Crippen LogP contribution in [0.2, 0.25) is 0 Å². The Labute approximate surface area is 96.7 Å². The summed E-state index contributed by atoms with van der Waals surface area (Å²) in [5, 5.41) is 17.3. The Morgan fingerprint density at radius 2 is 1.62 bits per heavy atom. The van der Waals surface area contributed by atoms with E-state index < -0.39 is 5.97 Å². The monoisotopic (exact) mass is 224 g/mol. The highest BCUT2D eigenvalue weighted by atomic mass is 16.4. The maximum absolute atomic E-state index is 10.3. The molecule has 0 atom stereocenters. The normalized spacial score (nSPS) is 9.12. The van der Waals surface area contributed by atoms with E-state index in [9.17, 15) is 4.79 Å². The molecule has 0 saturated carbocycles. The third-order valence-corrected chi connectivity index (χ3v) is 2.09. The first-order valence-electron chi connectivity index (χ1n) is 5.64. The number of carboxylic acids is 1. The van der Waals surface area contributed by atoms with Gasteiger partial charge in [0.15, 0.2) is 0 Å². The first kappa shape index (κ1) is 14.5. The molecule has 0 aromatic heterocycles. The Kier molecular flexibility index (Phi) is 7.94. The molecule has 3 heteroatoms. The van der Waals surface area contributed by atoms with Crippen LogP contribution in [0.25, 0.3) is 0 Å². The van der Waals surface area contributed by atoms with Gasteiger partial charge in [0.25, 0.3) is 0 Å². The SMILES string of the molecule is CCCCCC.O=C(O)c1ccccc1O. The second-order valence-electron chi connectivity index (χ2n) is 3.53. The predicted molar refractivity (Wildman–Crippen MR) is 64.9 cm³/mol. The Morgan fingerprint density at radius 1 is 1.12 bits per heavy atom. The highest BCUT2D eigenvalue weighted by molar-refractivity contribution is 5.90. The van der Waals surface area contributed by atoms with E-state index in [0.717, 1.165) is 0 Å². The molecule has 90 valence electrons. The second-order valence-corrected chi connectivity index (χ2v) is 3.53. The van der Waals surface area contributed by atoms with Crippen LogP contribution < -0.4 is 0 Å². The van der Waals surface area contributed by atoms with Gasteiger partial charge in [0.1, 0.15) is 11.3 Å². The number of benzene rings is 1. The lowest BCUT2D eigenvalue weighted by Gasteiger charge is -1.95. The van der Waals surface area contributed by atoms with Gasteiger partial charge in [0, 0.05) is 0 Å². The Bertz CT molecular complexity index is 304. The maximum atomic E-state index is 10.3. The lowest BCUT2D eigenvalue weighted by molar-refractivity contribution is 0.0694. The fourth-order valence-electron chi connectivity index (χ4n) is 1.15. The number of rotatable bonds is 4. The van der Waals surface area contributed by atoms with Gasteiger partial charge in [0.2, 0.25) is 0 Å². The van der Waals surface area contributed by atoms with E-state index in [1.165, 1.54) is 37.8 Å². The largest absolute Gasteiger partial charge is 0.507 e. The third-order valence-electron chi connectivity index (χ3n) is 2.09. The molecule has 0 aliphatic heterocycles. The zero-order valence-electron chi connectivity index (χ0n) is 9.94. The first-order valence-corrected chi connectivity index (χ1v) is 5.64. The fourth-order valence-corrected chi connectivity index (χ4v) is 1.15. The number of unbranched alkanes of at least 4 members (excludes halogenated alkanes) is 3. The van der Waals surface area contributed by atoms with Crippen LogP contribution in [0.4, 0.5) is 0 Å². The molecule has 0 saturated heterocycles. The number of hydrogen-bond acceptors (Lipinski definition) is 2. The topological polar surface area (TPSA) is 57.5 Å². The molecule has 1 rings (SSSR count). The molecule has 1 aromatic carbocycles. The molecule has 0 radical (unpaired) electrons. The summed E-state index contributed by atoms with van der Waals surface area (Å²) in [6.07, 6.45) is 5.54. The van der Waals surface area contributed by atoms with Gasteiger partial charge in [-0.3, -0.25) is 0 Å². The summed E-state index contributed by atoms with van der Waals surface area (Å²) in [5.74, 6) is -1.31. The zero-order chi connectivity index (χ0) is 12.4. The van der Waals surface area contributed by atoms with Crippen LogP contribution >= 0.6 is 0 Å². The summed E-state index contributed by atoms with van der Waals surface area (Å²) < 4.78 is 0. The molecule has 0 bridgehead atoms. The van der Waals surface area contributed by atoms with E-state index in [1.54, 1.807) is 12.1 Å². The van der Waals surface area contributed by atoms with E-state index >= 15 is 0 Å². The van der Waals surface area contributed by atoms with Crippen molar-refractivity contribution in [3.8, 4) is 5.75 Å². The van der Waals surface area contributed by atoms with Crippen molar-refractivity contribution >= 4 is 5.97 Å². The highest BCUT2D eigenvalue weighted by Crippen LogP contribution is 2.14. The molecule has 3 nitrogen and oxygen atoms in total. The van der Waals surface area contributed by atoms with Crippen molar-refractivity contribution in [1.29, 1.82) is 0 Å². The average Bonchev–Trinajstić information content (AvgIpc) is 2.27. The molecular formula is C13H20O3. The second kappa shape index (κ2) is 8.77. The van der Waals surface area contributed by atoms with Crippen molar-refractivity contribution in [2.75, 3.05) is 0 Å². The number of phenols is 1. The van der Waals surface area contributed by atoms with Crippen LogP contribution in [0.15, 0.2) is 24.3 Å². The van der Waals surface area contributed by atoms with Crippen molar-refractivity contribution in [3.63, 3.8) is 0 Å². The molecule has 1 aromatic rings. The van der Waals surface area contributed by atoms with Gasteiger partial charge in [-0.25, -0.2) is 4.79 Å². The Hall–Kier alpha value is -1.51. The van der Waals surface area contributed by atoms with Gasteiger partial charge >= 0.3 is 5.97 Å². The van der Waals surface area contributed by atoms with E-state index in [-0.39, 0.29) is 11.3 Å². The van der Waals surface area contributed by atoms with Crippen molar-refractivity contribution in [2.45, 2.75) is 39.5 Å². The Balaban J connectivity index is 0.000000325. The summed E-state index contributed by atoms with van der Waals surface area (Å²) in [6, 6.07) is 5.81. The smallest absolute Gasteiger partial charge is 0.339 e. The van der Waals surface area contributed by atoms with Crippen molar-refractivity contribution < 1.29 is 15.0 Å². The fraction of sp³-hybridized carbons (Fsp3) is 0.462. The van der Waals surface area contributed by atoms with Crippen LogP contribution in [0, 0.1) is 0 Å². The minimum atomic E-state index is -1.11. The van der Waals surface area contributed by atoms with Gasteiger partial charge in [-0.05, 0) is 12.1 Å². The number of hydrogen-bond donors (Lipinski definition) is 2. The van der Waals surface area contributed by atoms with E-state index in [4.69, 9.17) is 10.2 Å². The maximum Gasteiger partial charge on any atom is 0.339 e. The van der Waals surface area contributed by atoms with Crippen LogP contribution in [0.5, 0.6) is 5.75 Å². The van der Waals surface area contributed by atoms with Gasteiger partial charge in [-0.15, -0.1) is 0 Å². The summed E-state index contributed by atoms with van der Waals surface area (Å²) in [6.45, 7) is 4.46. The van der Waals surface area contributed by atoms with E-state index in [0.29, 0.717) is 0 Å². The molecule has 0 aliphatic rings. The molecule has 0 heterocycles. The standard InChI is InChI=1S/C7H6O3.C6H14/c8-6-4-2-1-3-5(6)7(9)10;1-3-5-6-4-2/h1-4,8H,(H,9,10);3-6H2,1-2H3. The Morgan fingerprint density at radius 3 is 1.94 bits per heavy atom. The molecule has 0 amide bonds. The summed E-state index contributed by atoms with van der Waals surface area (Å²) >= 11 is 0. The molecular weight excluding hydrogens is 204 g/mol. The summed E-state index contributed by atoms with van der Waals surface area (Å²) in [5.41, 5.74) is -0.0671. The molecule has 0 spiro atoms. The van der Waals surface area contributed by atoms with Gasteiger partial charge < -0.3 is 10.2 Å². The quantitative estimate of drug-likeness (QED) is 0.767. The van der Waals surface area contributed by atoms with Gasteiger partial charge in [0.05, 0.1) is 0 Å². The van der Waals surface area contributed by atoms with Gasteiger partial charge in [-0.1, -0.05) is 51.7 Å². The van der Waals surface area contributed by atoms with Crippen molar-refractivity contribution in [1.82, 2.24) is 0 Å². The zero-order valence-corrected chi connectivity index (χ0v) is 9.94.